The van der Waals surface area contributed by atoms with Crippen molar-refractivity contribution >= 4 is 63.5 Å². The Balaban J connectivity index is 2.01. The normalized spacial score (nSPS) is 10.2. The molecule has 0 radical (unpaired) electrons. The first kappa shape index (κ1) is 13.5. The zero-order valence-electron chi connectivity index (χ0n) is 8.84. The molecular formula is C11H7Cl3N2OS. The van der Waals surface area contributed by atoms with Crippen LogP contribution in [0.5, 0.6) is 0 Å². The molecule has 2 rings (SSSR count). The summed E-state index contributed by atoms with van der Waals surface area (Å²) in [6, 6.07) is 7.97. The summed E-state index contributed by atoms with van der Waals surface area (Å²) in [6.45, 7) is 0. The highest BCUT2D eigenvalue weighted by Gasteiger charge is 2.09. The first-order chi connectivity index (χ1) is 8.54. The van der Waals surface area contributed by atoms with Crippen molar-refractivity contribution in [1.82, 2.24) is 0 Å². The summed E-state index contributed by atoms with van der Waals surface area (Å²) in [5.74, 6) is 0. The summed E-state index contributed by atoms with van der Waals surface area (Å²) >= 11 is 18.6. The second-order valence-electron chi connectivity index (χ2n) is 3.32. The number of hydrogen-bond acceptors (Lipinski definition) is 2. The molecule has 94 valence electrons. The third-order valence-electron chi connectivity index (χ3n) is 2.01. The molecule has 3 nitrogen and oxygen atoms in total. The predicted octanol–water partition coefficient (Wildman–Crippen LogP) is 5.35. The zero-order chi connectivity index (χ0) is 13.1. The lowest BCUT2D eigenvalue weighted by atomic mass is 10.3. The van der Waals surface area contributed by atoms with Gasteiger partial charge in [-0.25, -0.2) is 4.79 Å². The molecule has 7 heteroatoms. The molecule has 0 saturated carbocycles. The van der Waals surface area contributed by atoms with Crippen LogP contribution in [0.3, 0.4) is 0 Å². The van der Waals surface area contributed by atoms with E-state index in [-0.39, 0.29) is 0 Å². The minimum absolute atomic E-state index is 0.395. The zero-order valence-corrected chi connectivity index (χ0v) is 11.9. The monoisotopic (exact) mass is 320 g/mol. The van der Waals surface area contributed by atoms with Crippen LogP contribution >= 0.6 is 46.1 Å². The van der Waals surface area contributed by atoms with Crippen molar-refractivity contribution in [3.63, 3.8) is 0 Å². The van der Waals surface area contributed by atoms with Crippen molar-refractivity contribution in [1.29, 1.82) is 0 Å². The minimum atomic E-state index is -0.395. The van der Waals surface area contributed by atoms with Gasteiger partial charge >= 0.3 is 6.03 Å². The van der Waals surface area contributed by atoms with Crippen LogP contribution in [0.25, 0.3) is 0 Å². The lowest BCUT2D eigenvalue weighted by Gasteiger charge is -2.06. The van der Waals surface area contributed by atoms with Gasteiger partial charge in [-0.05, 0) is 30.3 Å². The molecule has 1 aromatic heterocycles. The van der Waals surface area contributed by atoms with Gasteiger partial charge in [0.15, 0.2) is 0 Å². The highest BCUT2D eigenvalue weighted by molar-refractivity contribution is 7.20. The van der Waals surface area contributed by atoms with Crippen LogP contribution in [0.2, 0.25) is 13.7 Å². The summed E-state index contributed by atoms with van der Waals surface area (Å²) in [5, 5.41) is 5.86. The third-order valence-corrected chi connectivity index (χ3v) is 3.75. The van der Waals surface area contributed by atoms with Crippen molar-refractivity contribution in [3.05, 3.63) is 44.0 Å². The van der Waals surface area contributed by atoms with Crippen LogP contribution in [0, 0.1) is 0 Å². The number of nitrogens with one attached hydrogen (secondary N) is 2. The number of benzene rings is 1. The first-order valence-electron chi connectivity index (χ1n) is 4.83. The van der Waals surface area contributed by atoms with E-state index in [2.05, 4.69) is 10.6 Å². The van der Waals surface area contributed by atoms with Gasteiger partial charge < -0.3 is 10.6 Å². The van der Waals surface area contributed by atoms with Gasteiger partial charge in [0.25, 0.3) is 0 Å². The fourth-order valence-corrected chi connectivity index (χ4v) is 2.75. The number of hydrogen-bond donors (Lipinski definition) is 2. The van der Waals surface area contributed by atoms with E-state index in [1.165, 1.54) is 11.3 Å². The summed E-state index contributed by atoms with van der Waals surface area (Å²) in [5.41, 5.74) is 1.12. The van der Waals surface area contributed by atoms with E-state index in [0.29, 0.717) is 25.1 Å². The van der Waals surface area contributed by atoms with E-state index in [9.17, 15) is 4.79 Å². The average molecular weight is 322 g/mol. The number of carbonyl (C=O) groups excluding carboxylic acids is 1. The topological polar surface area (TPSA) is 41.1 Å². The molecular weight excluding hydrogens is 315 g/mol. The number of carbonyl (C=O) groups is 1. The first-order valence-corrected chi connectivity index (χ1v) is 6.78. The summed E-state index contributed by atoms with van der Waals surface area (Å²) < 4.78 is 0.952. The molecule has 1 heterocycles. The van der Waals surface area contributed by atoms with Crippen LogP contribution in [-0.4, -0.2) is 6.03 Å². The summed E-state index contributed by atoms with van der Waals surface area (Å²) in [7, 11) is 0. The molecule has 0 unspecified atom stereocenters. The third kappa shape index (κ3) is 3.53. The molecule has 18 heavy (non-hydrogen) atoms. The number of amides is 2. The van der Waals surface area contributed by atoms with Crippen molar-refractivity contribution in [3.8, 4) is 0 Å². The number of rotatable bonds is 2. The Labute approximate surface area is 123 Å². The summed E-state index contributed by atoms with van der Waals surface area (Å²) in [6.07, 6.45) is 0. The molecule has 2 amide bonds. The SMILES string of the molecule is O=C(Nc1ccc(Cl)cc1)Nc1cc(Cl)sc1Cl. The standard InChI is InChI=1S/C11H7Cl3N2OS/c12-6-1-3-7(4-2-6)15-11(17)16-8-5-9(13)18-10(8)14/h1-5H,(H2,15,16,17). The smallest absolute Gasteiger partial charge is 0.308 e. The molecule has 0 fully saturated rings. The maximum atomic E-state index is 11.7. The van der Waals surface area contributed by atoms with E-state index in [1.54, 1.807) is 30.3 Å². The quantitative estimate of drug-likeness (QED) is 0.769. The Morgan fingerprint density at radius 3 is 2.28 bits per heavy atom. The molecule has 0 aliphatic carbocycles. The van der Waals surface area contributed by atoms with Gasteiger partial charge in [-0.2, -0.15) is 0 Å². The average Bonchev–Trinajstić information content (AvgIpc) is 2.61. The Morgan fingerprint density at radius 1 is 1.06 bits per heavy atom. The molecule has 1 aromatic carbocycles. The van der Waals surface area contributed by atoms with Crippen molar-refractivity contribution in [2.75, 3.05) is 10.6 Å². The van der Waals surface area contributed by atoms with Gasteiger partial charge in [0.2, 0.25) is 0 Å². The number of anilines is 2. The number of urea groups is 1. The lowest BCUT2D eigenvalue weighted by Crippen LogP contribution is -2.19. The van der Waals surface area contributed by atoms with Crippen LogP contribution < -0.4 is 10.6 Å². The second-order valence-corrected chi connectivity index (χ2v) is 6.05. The predicted molar refractivity (Wildman–Crippen MR) is 78.4 cm³/mol. The Kier molecular flexibility index (Phi) is 4.35. The second kappa shape index (κ2) is 5.80. The largest absolute Gasteiger partial charge is 0.323 e. The molecule has 0 spiro atoms. The fraction of sp³-hybridized carbons (Fsp3) is 0. The van der Waals surface area contributed by atoms with E-state index in [0.717, 1.165) is 0 Å². The minimum Gasteiger partial charge on any atom is -0.308 e. The molecule has 2 N–H and O–H groups in total. The summed E-state index contributed by atoms with van der Waals surface area (Å²) in [4.78, 5) is 11.7. The van der Waals surface area contributed by atoms with Gasteiger partial charge in [0, 0.05) is 10.7 Å². The van der Waals surface area contributed by atoms with Crippen LogP contribution in [0.1, 0.15) is 0 Å². The molecule has 0 aliphatic heterocycles. The van der Waals surface area contributed by atoms with E-state index in [1.807, 2.05) is 0 Å². The van der Waals surface area contributed by atoms with Crippen molar-refractivity contribution < 1.29 is 4.79 Å². The van der Waals surface area contributed by atoms with Crippen molar-refractivity contribution in [2.45, 2.75) is 0 Å². The molecule has 0 bridgehead atoms. The Morgan fingerprint density at radius 2 is 1.72 bits per heavy atom. The molecule has 0 atom stereocenters. The molecule has 0 saturated heterocycles. The van der Waals surface area contributed by atoms with E-state index in [4.69, 9.17) is 34.8 Å². The van der Waals surface area contributed by atoms with Gasteiger partial charge in [-0.3, -0.25) is 0 Å². The molecule has 2 aromatic rings. The number of thiophene rings is 1. The maximum absolute atomic E-state index is 11.7. The van der Waals surface area contributed by atoms with Crippen LogP contribution in [-0.2, 0) is 0 Å². The highest BCUT2D eigenvalue weighted by atomic mass is 35.5. The maximum Gasteiger partial charge on any atom is 0.323 e. The lowest BCUT2D eigenvalue weighted by molar-refractivity contribution is 0.262. The van der Waals surface area contributed by atoms with Crippen LogP contribution in [0.4, 0.5) is 16.2 Å². The van der Waals surface area contributed by atoms with Gasteiger partial charge in [0.1, 0.15) is 4.34 Å². The molecule has 0 aliphatic rings. The number of halogens is 3. The van der Waals surface area contributed by atoms with Crippen LogP contribution in [0.15, 0.2) is 30.3 Å². The van der Waals surface area contributed by atoms with Gasteiger partial charge in [-0.15, -0.1) is 11.3 Å². The van der Waals surface area contributed by atoms with Gasteiger partial charge in [-0.1, -0.05) is 34.8 Å². The van der Waals surface area contributed by atoms with E-state index < -0.39 is 6.03 Å². The highest BCUT2D eigenvalue weighted by Crippen LogP contribution is 2.35. The van der Waals surface area contributed by atoms with E-state index >= 15 is 0 Å². The Bertz CT molecular complexity index is 568. The fourth-order valence-electron chi connectivity index (χ4n) is 1.24. The van der Waals surface area contributed by atoms with Gasteiger partial charge in [0.05, 0.1) is 10.0 Å². The Hall–Kier alpha value is -0.940. The van der Waals surface area contributed by atoms with Crippen molar-refractivity contribution in [2.24, 2.45) is 0 Å².